The van der Waals surface area contributed by atoms with Crippen molar-refractivity contribution in [2.45, 2.75) is 52.3 Å². The highest BCUT2D eigenvalue weighted by atomic mass is 31.2. The summed E-state index contributed by atoms with van der Waals surface area (Å²) in [5, 5.41) is 9.57. The minimum Gasteiger partial charge on any atom is -0.386 e. The molecule has 0 radical (unpaired) electrons. The molecule has 0 aromatic carbocycles. The molecule has 0 bridgehead atoms. The fourth-order valence-corrected chi connectivity index (χ4v) is 3.03. The van der Waals surface area contributed by atoms with Gasteiger partial charge in [-0.25, -0.2) is 0 Å². The number of rotatable bonds is 9. The molecule has 0 rings (SSSR count). The maximum Gasteiger partial charge on any atom is 0.402 e. The van der Waals surface area contributed by atoms with E-state index in [1.807, 2.05) is 13.8 Å². The van der Waals surface area contributed by atoms with E-state index in [1.165, 1.54) is 13.8 Å². The molecule has 7 heteroatoms. The Morgan fingerprint density at radius 3 is 2.16 bits per heavy atom. The number of aliphatic hydroxyl groups is 1. The fraction of sp³-hybridized carbons (Fsp3) is 0.833. The van der Waals surface area contributed by atoms with Crippen molar-refractivity contribution < 1.29 is 27.5 Å². The van der Waals surface area contributed by atoms with Crippen LogP contribution < -0.4 is 0 Å². The highest BCUT2D eigenvalue weighted by molar-refractivity contribution is 7.55. The van der Waals surface area contributed by atoms with E-state index in [0.717, 1.165) is 5.57 Å². The number of aliphatic hydroxyl groups excluding tert-OH is 1. The van der Waals surface area contributed by atoms with Crippen LogP contribution in [0.15, 0.2) is 11.6 Å². The summed E-state index contributed by atoms with van der Waals surface area (Å²) in [5.41, 5.74) is -2.94. The summed E-state index contributed by atoms with van der Waals surface area (Å²) in [6, 6.07) is 0. The molecule has 0 saturated carbocycles. The smallest absolute Gasteiger partial charge is 0.386 e. The molecule has 19 heavy (non-hydrogen) atoms. The number of alkyl halides is 2. The second-order valence-electron chi connectivity index (χ2n) is 4.30. The zero-order valence-corrected chi connectivity index (χ0v) is 12.8. The van der Waals surface area contributed by atoms with Gasteiger partial charge < -0.3 is 14.2 Å². The minimum absolute atomic E-state index is 0.173. The van der Waals surface area contributed by atoms with Crippen LogP contribution in [-0.2, 0) is 13.6 Å². The molecule has 0 amide bonds. The van der Waals surface area contributed by atoms with Crippen LogP contribution in [0, 0.1) is 0 Å². The fourth-order valence-electron chi connectivity index (χ4n) is 1.44. The molecule has 1 N–H and O–H groups in total. The Bertz CT molecular complexity index is 331. The molecule has 0 heterocycles. The minimum atomic E-state index is -4.65. The van der Waals surface area contributed by atoms with Crippen LogP contribution >= 0.6 is 7.60 Å². The molecular formula is C12H23F2O4P. The summed E-state index contributed by atoms with van der Waals surface area (Å²) in [5.74, 6) is 0. The first-order valence-corrected chi connectivity index (χ1v) is 7.84. The normalized spacial score (nSPS) is 14.3. The molecule has 1 atom stereocenters. The van der Waals surface area contributed by atoms with Crippen LogP contribution in [0.2, 0.25) is 0 Å². The molecule has 0 unspecified atom stereocenters. The molecule has 0 spiro atoms. The maximum absolute atomic E-state index is 14.0. The Morgan fingerprint density at radius 1 is 1.32 bits per heavy atom. The Morgan fingerprint density at radius 2 is 1.79 bits per heavy atom. The third kappa shape index (κ3) is 5.30. The van der Waals surface area contributed by atoms with Crippen LogP contribution in [0.1, 0.15) is 40.5 Å². The van der Waals surface area contributed by atoms with Crippen molar-refractivity contribution in [1.82, 2.24) is 0 Å². The molecule has 0 fully saturated rings. The van der Waals surface area contributed by atoms with E-state index >= 15 is 0 Å². The van der Waals surface area contributed by atoms with Gasteiger partial charge in [0, 0.05) is 0 Å². The molecule has 0 aromatic heterocycles. The Labute approximate surface area is 113 Å². The molecule has 0 aliphatic carbocycles. The van der Waals surface area contributed by atoms with Gasteiger partial charge >= 0.3 is 13.3 Å². The largest absolute Gasteiger partial charge is 0.402 e. The van der Waals surface area contributed by atoms with Gasteiger partial charge in [0.25, 0.3) is 0 Å². The van der Waals surface area contributed by atoms with Crippen molar-refractivity contribution in [3.63, 3.8) is 0 Å². The molecule has 4 nitrogen and oxygen atoms in total. The first kappa shape index (κ1) is 18.7. The SMILES string of the molecule is CCOP(=O)(OCC)C(F)(F)[C@@H](O)CCC=C(C)C. The summed E-state index contributed by atoms with van der Waals surface area (Å²) in [6.45, 7) is 6.20. The van der Waals surface area contributed by atoms with Crippen molar-refractivity contribution in [3.8, 4) is 0 Å². The van der Waals surface area contributed by atoms with Crippen molar-refractivity contribution in [3.05, 3.63) is 11.6 Å². The van der Waals surface area contributed by atoms with Crippen LogP contribution in [0.25, 0.3) is 0 Å². The summed E-state index contributed by atoms with van der Waals surface area (Å²) in [6.07, 6.45) is -0.266. The second-order valence-corrected chi connectivity index (χ2v) is 6.40. The lowest BCUT2D eigenvalue weighted by atomic mass is 10.1. The van der Waals surface area contributed by atoms with Crippen molar-refractivity contribution in [2.75, 3.05) is 13.2 Å². The number of halogens is 2. The van der Waals surface area contributed by atoms with Crippen molar-refractivity contribution >= 4 is 7.60 Å². The van der Waals surface area contributed by atoms with Crippen LogP contribution in [0.4, 0.5) is 8.78 Å². The highest BCUT2D eigenvalue weighted by Crippen LogP contribution is 2.63. The average molecular weight is 300 g/mol. The molecule has 0 aromatic rings. The van der Waals surface area contributed by atoms with Gasteiger partial charge in [-0.15, -0.1) is 0 Å². The van der Waals surface area contributed by atoms with Gasteiger partial charge in [-0.1, -0.05) is 11.6 Å². The van der Waals surface area contributed by atoms with E-state index in [1.54, 1.807) is 6.08 Å². The molecule has 0 aliphatic rings. The predicted molar refractivity (Wildman–Crippen MR) is 70.5 cm³/mol. The molecule has 0 aliphatic heterocycles. The van der Waals surface area contributed by atoms with Gasteiger partial charge in [0.05, 0.1) is 13.2 Å². The van der Waals surface area contributed by atoms with E-state index in [9.17, 15) is 18.5 Å². The first-order chi connectivity index (χ1) is 8.71. The lowest BCUT2D eigenvalue weighted by molar-refractivity contribution is -0.0681. The quantitative estimate of drug-likeness (QED) is 0.517. The summed E-state index contributed by atoms with van der Waals surface area (Å²) in [7, 11) is -4.65. The van der Waals surface area contributed by atoms with E-state index in [4.69, 9.17) is 0 Å². The topological polar surface area (TPSA) is 55.8 Å². The molecular weight excluding hydrogens is 277 g/mol. The Hall–Kier alpha value is -0.290. The number of hydrogen-bond donors (Lipinski definition) is 1. The Balaban J connectivity index is 4.88. The van der Waals surface area contributed by atoms with Gasteiger partial charge in [0.15, 0.2) is 0 Å². The zero-order chi connectivity index (χ0) is 15.1. The summed E-state index contributed by atoms with van der Waals surface area (Å²) < 4.78 is 49.1. The first-order valence-electron chi connectivity index (χ1n) is 6.29. The van der Waals surface area contributed by atoms with Gasteiger partial charge in [0.1, 0.15) is 6.10 Å². The van der Waals surface area contributed by atoms with Gasteiger partial charge in [-0.3, -0.25) is 4.57 Å². The van der Waals surface area contributed by atoms with Crippen molar-refractivity contribution in [1.29, 1.82) is 0 Å². The van der Waals surface area contributed by atoms with Gasteiger partial charge in [-0.05, 0) is 40.5 Å². The monoisotopic (exact) mass is 300 g/mol. The van der Waals surface area contributed by atoms with Gasteiger partial charge in [-0.2, -0.15) is 8.78 Å². The Kier molecular flexibility index (Phi) is 7.98. The third-order valence-electron chi connectivity index (χ3n) is 2.36. The summed E-state index contributed by atoms with van der Waals surface area (Å²) >= 11 is 0. The average Bonchev–Trinajstić information content (AvgIpc) is 2.28. The zero-order valence-electron chi connectivity index (χ0n) is 11.9. The van der Waals surface area contributed by atoms with Crippen LogP contribution in [-0.4, -0.2) is 30.1 Å². The standard InChI is InChI=1S/C12H23F2O4P/c1-5-17-19(16,18-6-2)12(13,14)11(15)9-7-8-10(3)4/h8,11,15H,5-7,9H2,1-4H3/t11-/m0/s1. The molecule has 0 saturated heterocycles. The summed E-state index contributed by atoms with van der Waals surface area (Å²) in [4.78, 5) is 0. The van der Waals surface area contributed by atoms with E-state index in [0.29, 0.717) is 0 Å². The highest BCUT2D eigenvalue weighted by Gasteiger charge is 2.58. The number of hydrogen-bond acceptors (Lipinski definition) is 4. The maximum atomic E-state index is 14.0. The number of allylic oxidation sites excluding steroid dienone is 2. The van der Waals surface area contributed by atoms with E-state index in [-0.39, 0.29) is 26.1 Å². The predicted octanol–water partition coefficient (Wildman–Crippen LogP) is 3.95. The lowest BCUT2D eigenvalue weighted by Gasteiger charge is -2.29. The molecule has 114 valence electrons. The third-order valence-corrected chi connectivity index (χ3v) is 4.58. The van der Waals surface area contributed by atoms with Gasteiger partial charge in [0.2, 0.25) is 0 Å². The van der Waals surface area contributed by atoms with E-state index < -0.39 is 19.4 Å². The van der Waals surface area contributed by atoms with Crippen molar-refractivity contribution in [2.24, 2.45) is 0 Å². The second kappa shape index (κ2) is 8.10. The lowest BCUT2D eigenvalue weighted by Crippen LogP contribution is -2.35. The van der Waals surface area contributed by atoms with Crippen LogP contribution in [0.5, 0.6) is 0 Å². The van der Waals surface area contributed by atoms with E-state index in [2.05, 4.69) is 9.05 Å². The van der Waals surface area contributed by atoms with Crippen LogP contribution in [0.3, 0.4) is 0 Å².